The molecule has 0 aromatic heterocycles. The van der Waals surface area contributed by atoms with Crippen LogP contribution in [0.2, 0.25) is 18.1 Å². The Labute approximate surface area is 390 Å². The molecule has 0 aromatic rings. The van der Waals surface area contributed by atoms with Crippen LogP contribution in [0.15, 0.2) is 36.0 Å². The third kappa shape index (κ3) is 13.7. The van der Waals surface area contributed by atoms with Gasteiger partial charge in [0, 0.05) is 37.9 Å². The average molecular weight is 938 g/mol. The van der Waals surface area contributed by atoms with Crippen LogP contribution in [-0.2, 0) is 56.7 Å². The Morgan fingerprint density at radius 2 is 1.52 bits per heavy atom. The zero-order valence-electron chi connectivity index (χ0n) is 41.5. The van der Waals surface area contributed by atoms with E-state index in [1.54, 1.807) is 52.3 Å². The normalized spacial score (nSPS) is 40.9. The van der Waals surface area contributed by atoms with E-state index in [1.807, 2.05) is 40.7 Å². The monoisotopic (exact) mass is 938 g/mol. The number of allylic oxidation sites excluding steroid dienone is 3. The van der Waals surface area contributed by atoms with Crippen molar-refractivity contribution in [2.45, 2.75) is 186 Å². The van der Waals surface area contributed by atoms with Crippen molar-refractivity contribution in [3.05, 3.63) is 36.0 Å². The summed E-state index contributed by atoms with van der Waals surface area (Å²) >= 11 is 0. The molecule has 0 radical (unpaired) electrons. The van der Waals surface area contributed by atoms with Crippen LogP contribution in [0.4, 0.5) is 0 Å². The Morgan fingerprint density at radius 3 is 2.11 bits per heavy atom. The Balaban J connectivity index is 1.71. The molecule has 0 aromatic carbocycles. The third-order valence-corrected chi connectivity index (χ3v) is 19.3. The van der Waals surface area contributed by atoms with Crippen LogP contribution < -0.4 is 0 Å². The molecule has 65 heavy (non-hydrogen) atoms. The van der Waals surface area contributed by atoms with E-state index in [-0.39, 0.29) is 50.5 Å². The summed E-state index contributed by atoms with van der Waals surface area (Å²) in [5.74, 6) is -3.47. The summed E-state index contributed by atoms with van der Waals surface area (Å²) in [6.07, 6.45) is -2.20. The van der Waals surface area contributed by atoms with Gasteiger partial charge in [0.05, 0.1) is 62.3 Å². The number of aliphatic hydroxyl groups is 2. The van der Waals surface area contributed by atoms with E-state index in [2.05, 4.69) is 27.4 Å². The molecule has 4 heterocycles. The second-order valence-electron chi connectivity index (χ2n) is 19.2. The summed E-state index contributed by atoms with van der Waals surface area (Å²) in [6, 6.07) is 2.20. The zero-order valence-corrected chi connectivity index (χ0v) is 42.5. The lowest BCUT2D eigenvalue weighted by Gasteiger charge is -2.47. The van der Waals surface area contributed by atoms with E-state index >= 15 is 0 Å². The first-order valence-electron chi connectivity index (χ1n) is 24.0. The fraction of sp³-hybridized carbons (Fsp3) is 0.816. The molecular formula is C49H83NO14Si. The van der Waals surface area contributed by atoms with Crippen LogP contribution in [0.3, 0.4) is 0 Å². The van der Waals surface area contributed by atoms with Gasteiger partial charge in [0.1, 0.15) is 30.7 Å². The van der Waals surface area contributed by atoms with Gasteiger partial charge in [0.2, 0.25) is 0 Å². The molecule has 0 spiro atoms. The highest BCUT2D eigenvalue weighted by atomic mass is 28.4. The highest BCUT2D eigenvalue weighted by Crippen LogP contribution is 2.40. The van der Waals surface area contributed by atoms with Gasteiger partial charge in [-0.3, -0.25) is 9.59 Å². The number of carbonyl (C=O) groups excluding carboxylic acids is 3. The molecule has 6 unspecified atom stereocenters. The number of likely N-dealkylation sites (N-methyl/N-ethyl adjacent to an activating group) is 1. The Hall–Kier alpha value is -2.19. The molecule has 2 bridgehead atoms. The van der Waals surface area contributed by atoms with Crippen molar-refractivity contribution >= 4 is 26.4 Å². The summed E-state index contributed by atoms with van der Waals surface area (Å²) in [5.41, 5.74) is 1.41. The molecule has 16 heteroatoms. The number of nitrogens with zero attached hydrogens (tertiary/aromatic N) is 1. The first-order chi connectivity index (χ1) is 30.8. The van der Waals surface area contributed by atoms with E-state index in [0.717, 1.165) is 30.0 Å². The first-order valence-corrected chi connectivity index (χ1v) is 26.5. The molecule has 3 fully saturated rings. The fourth-order valence-corrected chi connectivity index (χ4v) is 13.2. The van der Waals surface area contributed by atoms with Crippen molar-refractivity contribution in [1.82, 2.24) is 4.90 Å². The second-order valence-corrected chi connectivity index (χ2v) is 24.0. The van der Waals surface area contributed by atoms with E-state index in [9.17, 15) is 24.6 Å². The predicted molar refractivity (Wildman–Crippen MR) is 248 cm³/mol. The molecule has 2 N–H and O–H groups in total. The van der Waals surface area contributed by atoms with Crippen LogP contribution in [0.25, 0.3) is 0 Å². The van der Waals surface area contributed by atoms with Crippen molar-refractivity contribution in [3.63, 3.8) is 0 Å². The lowest BCUT2D eigenvalue weighted by Crippen LogP contribution is -2.63. The van der Waals surface area contributed by atoms with Crippen LogP contribution in [-0.4, -0.2) is 163 Å². The van der Waals surface area contributed by atoms with Crippen molar-refractivity contribution in [2.75, 3.05) is 41.5 Å². The van der Waals surface area contributed by atoms with E-state index in [0.29, 0.717) is 12.0 Å². The van der Waals surface area contributed by atoms with Gasteiger partial charge in [0.15, 0.2) is 26.7 Å². The summed E-state index contributed by atoms with van der Waals surface area (Å²) in [6.45, 7) is 22.2. The molecule has 4 aliphatic rings. The maximum Gasteiger partial charge on any atom is 0.308 e. The third-order valence-electron chi connectivity index (χ3n) is 14.6. The molecule has 372 valence electrons. The van der Waals surface area contributed by atoms with Crippen LogP contribution >= 0.6 is 0 Å². The second kappa shape index (κ2) is 25.4. The van der Waals surface area contributed by atoms with Gasteiger partial charge < -0.3 is 62.2 Å². The van der Waals surface area contributed by atoms with Crippen molar-refractivity contribution in [3.8, 4) is 0 Å². The minimum absolute atomic E-state index is 0.0841. The number of ether oxygens (including phenoxy) is 8. The number of esters is 1. The molecule has 15 nitrogen and oxygen atoms in total. The van der Waals surface area contributed by atoms with Crippen LogP contribution in [0, 0.1) is 29.6 Å². The minimum Gasteiger partial charge on any atom is -0.462 e. The number of methoxy groups -OCH3 is 2. The Bertz CT molecular complexity index is 1600. The Morgan fingerprint density at radius 1 is 0.877 bits per heavy atom. The SMILES string of the molecule is C=C1CO[C@@H]2CC(=O)O[C@H](CC)[C@@H](CO[C@@H]3OC(C)[C@H](O[Si](CC)(CC)CC)[C@H](OC)C3OC)/C=C(C)/C=C/C(=O)[C@H](C)C[C@H](C(C=O)C1)[C@H](O[C@@H]1OC(C)[C@H](O)C(N(C)C)C1O)[C@H]2C. The van der Waals surface area contributed by atoms with Gasteiger partial charge in [-0.05, 0) is 84.3 Å². The molecule has 18 atom stereocenters. The molecular weight excluding hydrogens is 855 g/mol. The average Bonchev–Trinajstić information content (AvgIpc) is 3.31. The van der Waals surface area contributed by atoms with Crippen LogP contribution in [0.1, 0.15) is 88.0 Å². The number of aliphatic hydroxyl groups excluding tert-OH is 2. The molecule has 4 rings (SSSR count). The zero-order chi connectivity index (χ0) is 48.3. The summed E-state index contributed by atoms with van der Waals surface area (Å²) in [5, 5.41) is 22.6. The molecule has 4 aliphatic heterocycles. The number of aldehydes is 1. The van der Waals surface area contributed by atoms with Gasteiger partial charge in [-0.1, -0.05) is 71.4 Å². The van der Waals surface area contributed by atoms with Gasteiger partial charge in [-0.25, -0.2) is 0 Å². The molecule has 3 saturated heterocycles. The summed E-state index contributed by atoms with van der Waals surface area (Å²) in [4.78, 5) is 43.0. The fourth-order valence-electron chi connectivity index (χ4n) is 10.3. The number of cyclic esters (lactones) is 1. The topological polar surface area (TPSA) is 178 Å². The van der Waals surface area contributed by atoms with E-state index < -0.39 is 111 Å². The summed E-state index contributed by atoms with van der Waals surface area (Å²) in [7, 11) is 4.72. The minimum atomic E-state index is -2.05. The quantitative estimate of drug-likeness (QED) is 0.0871. The number of hydrogen-bond donors (Lipinski definition) is 2. The largest absolute Gasteiger partial charge is 0.462 e. The number of carbonyl (C=O) groups is 3. The van der Waals surface area contributed by atoms with Crippen LogP contribution in [0.5, 0.6) is 0 Å². The molecule has 0 aliphatic carbocycles. The Kier molecular flexibility index (Phi) is 21.7. The van der Waals surface area contributed by atoms with Crippen molar-refractivity contribution < 1.29 is 66.9 Å². The van der Waals surface area contributed by atoms with Gasteiger partial charge >= 0.3 is 5.97 Å². The lowest BCUT2D eigenvalue weighted by molar-refractivity contribution is -0.305. The highest BCUT2D eigenvalue weighted by Gasteiger charge is 2.51. The molecule has 0 amide bonds. The number of rotatable bonds is 15. The smallest absolute Gasteiger partial charge is 0.308 e. The van der Waals surface area contributed by atoms with Gasteiger partial charge in [-0.15, -0.1) is 0 Å². The predicted octanol–water partition coefficient (Wildman–Crippen LogP) is 5.80. The maximum atomic E-state index is 14.3. The van der Waals surface area contributed by atoms with E-state index in [4.69, 9.17) is 42.3 Å². The summed E-state index contributed by atoms with van der Waals surface area (Å²) < 4.78 is 57.9. The standard InChI is InChI=1S/C49H83NO14Si/c1-15-38-35(27-59-49-47(57-14)46(56-13)45(33(10)61-49)64-65(16-2,17-3)18-4)21-28(5)19-20-37(52)30(7)23-36-34(25-51)22-29(6)26-58-39(24-40(53)62-38)31(8)44(36)63-48-43(55)41(50(11)12)42(54)32(9)60-48/h19-21,25,30-36,38-39,41-49,54-55H,6,15-18,22-24,26-27H2,1-5,7-14H3/b20-19+,28-21+/t30-,31+,32?,33?,34?,35-,36-,38-,39-,41?,42+,43?,44-,45+,46+,47?,48+,49-/m1/s1. The van der Waals surface area contributed by atoms with Crippen molar-refractivity contribution in [1.29, 1.82) is 0 Å². The maximum absolute atomic E-state index is 14.3. The van der Waals surface area contributed by atoms with Gasteiger partial charge in [-0.2, -0.15) is 0 Å². The lowest BCUT2D eigenvalue weighted by atomic mass is 9.73. The number of fused-ring (bicyclic) bond motifs is 3. The highest BCUT2D eigenvalue weighted by molar-refractivity contribution is 6.73. The van der Waals surface area contributed by atoms with E-state index in [1.165, 1.54) is 0 Å². The van der Waals surface area contributed by atoms with Crippen molar-refractivity contribution in [2.24, 2.45) is 29.6 Å². The molecule has 0 saturated carbocycles. The number of ketones is 1. The first kappa shape index (κ1) is 55.4. The number of hydrogen-bond acceptors (Lipinski definition) is 15. The van der Waals surface area contributed by atoms with Gasteiger partial charge in [0.25, 0.3) is 0 Å².